The topological polar surface area (TPSA) is 38.5 Å². The Kier molecular flexibility index (Phi) is 5.67. The zero-order valence-corrected chi connectivity index (χ0v) is 12.0. The number of hydrogen-bond donors (Lipinski definition) is 1. The van der Waals surface area contributed by atoms with Crippen LogP contribution in [0.1, 0.15) is 38.2 Å². The van der Waals surface area contributed by atoms with Crippen LogP contribution in [-0.2, 0) is 6.54 Å². The Morgan fingerprint density at radius 3 is 2.74 bits per heavy atom. The summed E-state index contributed by atoms with van der Waals surface area (Å²) in [6.07, 6.45) is 5.19. The molecule has 1 heterocycles. The molecule has 1 fully saturated rings. The van der Waals surface area contributed by atoms with Gasteiger partial charge in [0.1, 0.15) is 5.75 Å². The highest BCUT2D eigenvalue weighted by molar-refractivity contribution is 5.26. The van der Waals surface area contributed by atoms with E-state index < -0.39 is 0 Å². The van der Waals surface area contributed by atoms with Gasteiger partial charge in [0.2, 0.25) is 0 Å². The molecule has 1 unspecified atom stereocenters. The van der Waals surface area contributed by atoms with E-state index in [1.807, 2.05) is 24.3 Å². The standard InChI is InChI=1S/C16H26N2O/c1-14-5-2-3-10-18(14)11-4-12-19-16-8-6-15(13-17)7-9-16/h6-9,14H,2-5,10-13,17H2,1H3. The predicted molar refractivity (Wildman–Crippen MR) is 79.3 cm³/mol. The Labute approximate surface area is 116 Å². The van der Waals surface area contributed by atoms with Crippen LogP contribution in [0.25, 0.3) is 0 Å². The summed E-state index contributed by atoms with van der Waals surface area (Å²) in [6, 6.07) is 8.82. The fourth-order valence-corrected chi connectivity index (χ4v) is 2.67. The van der Waals surface area contributed by atoms with Crippen LogP contribution in [0.5, 0.6) is 5.75 Å². The molecule has 1 aromatic rings. The average Bonchev–Trinajstić information content (AvgIpc) is 2.46. The fourth-order valence-electron chi connectivity index (χ4n) is 2.67. The van der Waals surface area contributed by atoms with Gasteiger partial charge in [-0.15, -0.1) is 0 Å². The first kappa shape index (κ1) is 14.4. The van der Waals surface area contributed by atoms with E-state index in [2.05, 4.69) is 11.8 Å². The maximum atomic E-state index is 5.76. The number of ether oxygens (including phenoxy) is 1. The summed E-state index contributed by atoms with van der Waals surface area (Å²) in [4.78, 5) is 2.59. The molecular weight excluding hydrogens is 236 g/mol. The van der Waals surface area contributed by atoms with Gasteiger partial charge in [-0.05, 0) is 50.4 Å². The van der Waals surface area contributed by atoms with E-state index in [9.17, 15) is 0 Å². The van der Waals surface area contributed by atoms with E-state index in [1.165, 1.54) is 25.8 Å². The Morgan fingerprint density at radius 1 is 1.26 bits per heavy atom. The summed E-state index contributed by atoms with van der Waals surface area (Å²) in [6.45, 7) is 6.14. The van der Waals surface area contributed by atoms with Crippen LogP contribution in [0.15, 0.2) is 24.3 Å². The lowest BCUT2D eigenvalue weighted by atomic mass is 10.0. The summed E-state index contributed by atoms with van der Waals surface area (Å²) >= 11 is 0. The molecule has 0 bridgehead atoms. The molecule has 0 aliphatic carbocycles. The van der Waals surface area contributed by atoms with Crippen LogP contribution >= 0.6 is 0 Å². The normalized spacial score (nSPS) is 20.4. The molecule has 1 aliphatic rings. The van der Waals surface area contributed by atoms with Gasteiger partial charge >= 0.3 is 0 Å². The van der Waals surface area contributed by atoms with Crippen molar-refractivity contribution in [3.05, 3.63) is 29.8 Å². The molecule has 1 aromatic carbocycles. The molecule has 106 valence electrons. The monoisotopic (exact) mass is 262 g/mol. The van der Waals surface area contributed by atoms with Crippen LogP contribution in [-0.4, -0.2) is 30.6 Å². The first-order valence-corrected chi connectivity index (χ1v) is 7.45. The van der Waals surface area contributed by atoms with Crippen LogP contribution < -0.4 is 10.5 Å². The highest BCUT2D eigenvalue weighted by Gasteiger charge is 2.17. The van der Waals surface area contributed by atoms with Gasteiger partial charge in [0.05, 0.1) is 6.61 Å². The number of nitrogens with zero attached hydrogens (tertiary/aromatic N) is 1. The summed E-state index contributed by atoms with van der Waals surface area (Å²) < 4.78 is 5.76. The van der Waals surface area contributed by atoms with Crippen molar-refractivity contribution in [3.8, 4) is 5.75 Å². The van der Waals surface area contributed by atoms with Crippen LogP contribution in [0, 0.1) is 0 Å². The van der Waals surface area contributed by atoms with E-state index in [4.69, 9.17) is 10.5 Å². The van der Waals surface area contributed by atoms with Crippen molar-refractivity contribution in [1.82, 2.24) is 4.90 Å². The molecule has 0 saturated carbocycles. The minimum absolute atomic E-state index is 0.590. The Hall–Kier alpha value is -1.06. The number of hydrogen-bond acceptors (Lipinski definition) is 3. The van der Waals surface area contributed by atoms with Gasteiger partial charge in [-0.25, -0.2) is 0 Å². The molecule has 0 amide bonds. The Bertz CT molecular complexity index is 364. The van der Waals surface area contributed by atoms with Crippen LogP contribution in [0.2, 0.25) is 0 Å². The number of piperidine rings is 1. The van der Waals surface area contributed by atoms with Gasteiger partial charge < -0.3 is 15.4 Å². The lowest BCUT2D eigenvalue weighted by Crippen LogP contribution is -2.38. The van der Waals surface area contributed by atoms with Gasteiger partial charge in [0.15, 0.2) is 0 Å². The Morgan fingerprint density at radius 2 is 2.05 bits per heavy atom. The van der Waals surface area contributed by atoms with Crippen molar-refractivity contribution in [2.24, 2.45) is 5.73 Å². The first-order valence-electron chi connectivity index (χ1n) is 7.45. The smallest absolute Gasteiger partial charge is 0.119 e. The fraction of sp³-hybridized carbons (Fsp3) is 0.625. The molecule has 1 aliphatic heterocycles. The SMILES string of the molecule is CC1CCCCN1CCCOc1ccc(CN)cc1. The average molecular weight is 262 g/mol. The van der Waals surface area contributed by atoms with Crippen molar-refractivity contribution >= 4 is 0 Å². The molecular formula is C16H26N2O. The van der Waals surface area contributed by atoms with Gasteiger partial charge in [0.25, 0.3) is 0 Å². The highest BCUT2D eigenvalue weighted by Crippen LogP contribution is 2.17. The van der Waals surface area contributed by atoms with Crippen LogP contribution in [0.4, 0.5) is 0 Å². The van der Waals surface area contributed by atoms with Crippen molar-refractivity contribution in [2.45, 2.75) is 45.2 Å². The van der Waals surface area contributed by atoms with Gasteiger partial charge in [-0.2, -0.15) is 0 Å². The predicted octanol–water partition coefficient (Wildman–Crippen LogP) is 2.79. The largest absolute Gasteiger partial charge is 0.494 e. The molecule has 2 rings (SSSR count). The van der Waals surface area contributed by atoms with E-state index >= 15 is 0 Å². The molecule has 19 heavy (non-hydrogen) atoms. The second-order valence-corrected chi connectivity index (χ2v) is 5.43. The first-order chi connectivity index (χ1) is 9.29. The third kappa shape index (κ3) is 4.51. The third-order valence-electron chi connectivity index (χ3n) is 3.96. The van der Waals surface area contributed by atoms with Crippen molar-refractivity contribution in [2.75, 3.05) is 19.7 Å². The molecule has 0 radical (unpaired) electrons. The number of nitrogens with two attached hydrogens (primary N) is 1. The lowest BCUT2D eigenvalue weighted by molar-refractivity contribution is 0.148. The van der Waals surface area contributed by atoms with Crippen molar-refractivity contribution in [3.63, 3.8) is 0 Å². The second kappa shape index (κ2) is 7.51. The maximum Gasteiger partial charge on any atom is 0.119 e. The molecule has 0 spiro atoms. The quantitative estimate of drug-likeness (QED) is 0.801. The minimum Gasteiger partial charge on any atom is -0.494 e. The van der Waals surface area contributed by atoms with E-state index in [0.717, 1.165) is 36.9 Å². The molecule has 3 heteroatoms. The zero-order valence-electron chi connectivity index (χ0n) is 12.0. The molecule has 2 N–H and O–H groups in total. The summed E-state index contributed by atoms with van der Waals surface area (Å²) in [5.41, 5.74) is 6.72. The van der Waals surface area contributed by atoms with Gasteiger partial charge in [0, 0.05) is 19.1 Å². The lowest BCUT2D eigenvalue weighted by Gasteiger charge is -2.33. The van der Waals surface area contributed by atoms with E-state index in [0.29, 0.717) is 6.54 Å². The number of benzene rings is 1. The van der Waals surface area contributed by atoms with Crippen molar-refractivity contribution in [1.29, 1.82) is 0 Å². The Balaban J connectivity index is 1.65. The number of likely N-dealkylation sites (tertiary alicyclic amines) is 1. The van der Waals surface area contributed by atoms with Gasteiger partial charge in [-0.1, -0.05) is 18.6 Å². The highest BCUT2D eigenvalue weighted by atomic mass is 16.5. The van der Waals surface area contributed by atoms with Crippen molar-refractivity contribution < 1.29 is 4.74 Å². The van der Waals surface area contributed by atoms with Crippen LogP contribution in [0.3, 0.4) is 0 Å². The second-order valence-electron chi connectivity index (χ2n) is 5.43. The zero-order chi connectivity index (χ0) is 13.5. The molecule has 0 aromatic heterocycles. The minimum atomic E-state index is 0.590. The van der Waals surface area contributed by atoms with E-state index in [-0.39, 0.29) is 0 Å². The van der Waals surface area contributed by atoms with Gasteiger partial charge in [-0.3, -0.25) is 0 Å². The number of rotatable bonds is 6. The molecule has 1 atom stereocenters. The van der Waals surface area contributed by atoms with E-state index in [1.54, 1.807) is 0 Å². The summed E-state index contributed by atoms with van der Waals surface area (Å²) in [5.74, 6) is 0.948. The summed E-state index contributed by atoms with van der Waals surface area (Å²) in [7, 11) is 0. The third-order valence-corrected chi connectivity index (χ3v) is 3.96. The molecule has 1 saturated heterocycles. The molecule has 3 nitrogen and oxygen atoms in total. The summed E-state index contributed by atoms with van der Waals surface area (Å²) in [5, 5.41) is 0. The maximum absolute atomic E-state index is 5.76.